The van der Waals surface area contributed by atoms with Gasteiger partial charge in [-0.1, -0.05) is 42.5 Å². The molecule has 0 heterocycles. The van der Waals surface area contributed by atoms with Crippen molar-refractivity contribution >= 4 is 17.7 Å². The van der Waals surface area contributed by atoms with E-state index < -0.39 is 0 Å². The molecule has 1 N–H and O–H groups in total. The molecule has 0 aliphatic heterocycles. The molecule has 2 aromatic rings. The first-order chi connectivity index (χ1) is 11.7. The number of carbonyl (C=O) groups is 1. The van der Waals surface area contributed by atoms with Crippen LogP contribution in [0.1, 0.15) is 29.3 Å². The number of aryl methyl sites for hydroxylation is 1. The van der Waals surface area contributed by atoms with Gasteiger partial charge in [-0.2, -0.15) is 0 Å². The Bertz CT molecular complexity index is 631. The predicted molar refractivity (Wildman–Crippen MR) is 101 cm³/mol. The summed E-state index contributed by atoms with van der Waals surface area (Å²) in [5, 5.41) is 3.11. The van der Waals surface area contributed by atoms with Gasteiger partial charge in [0.1, 0.15) is 0 Å². The Morgan fingerprint density at radius 2 is 1.83 bits per heavy atom. The average molecular weight is 343 g/mol. The highest BCUT2D eigenvalue weighted by atomic mass is 32.2. The largest absolute Gasteiger partial charge is 0.384 e. The molecule has 0 aromatic heterocycles. The predicted octanol–water partition coefficient (Wildman–Crippen LogP) is 4.18. The molecule has 4 heteroatoms. The Balaban J connectivity index is 1.89. The molecule has 0 radical (unpaired) electrons. The third-order valence-electron chi connectivity index (χ3n) is 3.76. The van der Waals surface area contributed by atoms with Crippen molar-refractivity contribution in [2.24, 2.45) is 0 Å². The molecule has 0 saturated carbocycles. The molecular weight excluding hydrogens is 318 g/mol. The van der Waals surface area contributed by atoms with E-state index in [0.717, 1.165) is 29.1 Å². The summed E-state index contributed by atoms with van der Waals surface area (Å²) in [6.07, 6.45) is 1.89. The van der Waals surface area contributed by atoms with Crippen molar-refractivity contribution in [3.63, 3.8) is 0 Å². The summed E-state index contributed by atoms with van der Waals surface area (Å²) in [7, 11) is 1.69. The van der Waals surface area contributed by atoms with Gasteiger partial charge in [0, 0.05) is 23.8 Å². The topological polar surface area (TPSA) is 38.3 Å². The monoisotopic (exact) mass is 343 g/mol. The fraction of sp³-hybridized carbons (Fsp3) is 0.350. The van der Waals surface area contributed by atoms with E-state index in [4.69, 9.17) is 4.74 Å². The lowest BCUT2D eigenvalue weighted by atomic mass is 10.1. The van der Waals surface area contributed by atoms with Crippen LogP contribution in [-0.2, 0) is 11.2 Å². The molecule has 0 aliphatic carbocycles. The number of nitrogens with one attached hydrogen (secondary N) is 1. The molecule has 2 aromatic carbocycles. The van der Waals surface area contributed by atoms with Gasteiger partial charge in [0.05, 0.1) is 12.2 Å². The Kier molecular flexibility index (Phi) is 7.86. The maximum absolute atomic E-state index is 12.6. The van der Waals surface area contributed by atoms with Crippen LogP contribution in [0.15, 0.2) is 59.5 Å². The minimum atomic E-state index is -0.00363. The highest BCUT2D eigenvalue weighted by Crippen LogP contribution is 2.22. The highest BCUT2D eigenvalue weighted by molar-refractivity contribution is 7.99. The zero-order valence-corrected chi connectivity index (χ0v) is 15.1. The first-order valence-corrected chi connectivity index (χ1v) is 9.25. The lowest BCUT2D eigenvalue weighted by Gasteiger charge is -2.15. The van der Waals surface area contributed by atoms with Crippen LogP contribution in [0, 0.1) is 0 Å². The second-order valence-corrected chi connectivity index (χ2v) is 6.87. The third kappa shape index (κ3) is 6.02. The lowest BCUT2D eigenvalue weighted by Crippen LogP contribution is -2.33. The quantitative estimate of drug-likeness (QED) is 0.548. The van der Waals surface area contributed by atoms with Gasteiger partial charge in [-0.3, -0.25) is 4.79 Å². The summed E-state index contributed by atoms with van der Waals surface area (Å²) in [6.45, 7) is 2.73. The number of rotatable bonds is 9. The van der Waals surface area contributed by atoms with Crippen LogP contribution in [0.3, 0.4) is 0 Å². The van der Waals surface area contributed by atoms with Crippen LogP contribution in [0.5, 0.6) is 0 Å². The van der Waals surface area contributed by atoms with Crippen molar-refractivity contribution in [2.75, 3.05) is 19.5 Å². The van der Waals surface area contributed by atoms with Gasteiger partial charge in [-0.05, 0) is 37.5 Å². The van der Waals surface area contributed by atoms with E-state index in [1.807, 2.05) is 42.5 Å². The van der Waals surface area contributed by atoms with Crippen molar-refractivity contribution in [1.29, 1.82) is 0 Å². The number of hydrogen-bond donors (Lipinski definition) is 1. The molecule has 3 nitrogen and oxygen atoms in total. The number of ether oxygens (including phenoxy) is 1. The molecule has 24 heavy (non-hydrogen) atoms. The van der Waals surface area contributed by atoms with Crippen LogP contribution >= 0.6 is 11.8 Å². The summed E-state index contributed by atoms with van der Waals surface area (Å²) in [6, 6.07) is 18.2. The molecule has 0 spiro atoms. The fourth-order valence-corrected chi connectivity index (χ4v) is 3.38. The Labute approximate surface area is 148 Å². The van der Waals surface area contributed by atoms with E-state index in [1.165, 1.54) is 5.56 Å². The smallest absolute Gasteiger partial charge is 0.252 e. The van der Waals surface area contributed by atoms with E-state index in [0.29, 0.717) is 6.61 Å². The molecule has 0 fully saturated rings. The van der Waals surface area contributed by atoms with Crippen LogP contribution in [0.2, 0.25) is 0 Å². The first kappa shape index (κ1) is 18.6. The summed E-state index contributed by atoms with van der Waals surface area (Å²) in [5.74, 6) is 0.834. The summed E-state index contributed by atoms with van der Waals surface area (Å²) >= 11 is 1.65. The molecule has 0 bridgehead atoms. The summed E-state index contributed by atoms with van der Waals surface area (Å²) in [4.78, 5) is 13.6. The Morgan fingerprint density at radius 1 is 1.12 bits per heavy atom. The maximum Gasteiger partial charge on any atom is 0.252 e. The molecule has 2 rings (SSSR count). The first-order valence-electron chi connectivity index (χ1n) is 8.26. The Morgan fingerprint density at radius 3 is 2.58 bits per heavy atom. The fourth-order valence-electron chi connectivity index (χ4n) is 2.42. The van der Waals surface area contributed by atoms with Gasteiger partial charge < -0.3 is 10.1 Å². The highest BCUT2D eigenvalue weighted by Gasteiger charge is 2.13. The second-order valence-electron chi connectivity index (χ2n) is 5.74. The second kappa shape index (κ2) is 10.2. The van der Waals surface area contributed by atoms with Crippen LogP contribution in [0.4, 0.5) is 0 Å². The number of hydrogen-bond acceptors (Lipinski definition) is 3. The van der Waals surface area contributed by atoms with Crippen LogP contribution in [-0.4, -0.2) is 31.4 Å². The molecular formula is C20H25NO2S. The number of carbonyl (C=O) groups excluding carboxylic acids is 1. The van der Waals surface area contributed by atoms with Crippen molar-refractivity contribution < 1.29 is 9.53 Å². The molecule has 0 aliphatic rings. The van der Waals surface area contributed by atoms with E-state index in [-0.39, 0.29) is 11.9 Å². The van der Waals surface area contributed by atoms with Gasteiger partial charge >= 0.3 is 0 Å². The van der Waals surface area contributed by atoms with E-state index >= 15 is 0 Å². The molecule has 0 saturated heterocycles. The average Bonchev–Trinajstić information content (AvgIpc) is 2.61. The van der Waals surface area contributed by atoms with Gasteiger partial charge in [0.2, 0.25) is 0 Å². The van der Waals surface area contributed by atoms with Crippen molar-refractivity contribution in [3.8, 4) is 0 Å². The van der Waals surface area contributed by atoms with Crippen LogP contribution < -0.4 is 5.32 Å². The van der Waals surface area contributed by atoms with Crippen molar-refractivity contribution in [1.82, 2.24) is 5.32 Å². The van der Waals surface area contributed by atoms with Crippen molar-refractivity contribution in [2.45, 2.75) is 30.7 Å². The van der Waals surface area contributed by atoms with Gasteiger partial charge in [-0.25, -0.2) is 0 Å². The number of amides is 1. The third-order valence-corrected chi connectivity index (χ3v) is 4.80. The van der Waals surface area contributed by atoms with Crippen LogP contribution in [0.25, 0.3) is 0 Å². The standard InChI is InChI=1S/C20H25NO2S/c1-16(12-13-17-8-4-3-5-9-17)21-20(22)18-10-6-7-11-19(18)24-15-14-23-2/h3-11,16H,12-15H2,1-2H3,(H,21,22)/t16-/m0/s1. The van der Waals surface area contributed by atoms with Gasteiger partial charge in [-0.15, -0.1) is 11.8 Å². The molecule has 0 unspecified atom stereocenters. The molecule has 128 valence electrons. The van der Waals surface area contributed by atoms with Gasteiger partial charge in [0.15, 0.2) is 0 Å². The molecule has 1 atom stereocenters. The van der Waals surface area contributed by atoms with E-state index in [2.05, 4.69) is 24.4 Å². The number of benzene rings is 2. The zero-order chi connectivity index (χ0) is 17.2. The number of thioether (sulfide) groups is 1. The summed E-state index contributed by atoms with van der Waals surface area (Å²) in [5.41, 5.74) is 2.04. The van der Waals surface area contributed by atoms with Crippen molar-refractivity contribution in [3.05, 3.63) is 65.7 Å². The zero-order valence-electron chi connectivity index (χ0n) is 14.3. The minimum absolute atomic E-state index is 0.00363. The lowest BCUT2D eigenvalue weighted by molar-refractivity contribution is 0.0935. The number of methoxy groups -OCH3 is 1. The molecule has 1 amide bonds. The Hall–Kier alpha value is -1.78. The van der Waals surface area contributed by atoms with E-state index in [9.17, 15) is 4.79 Å². The summed E-state index contributed by atoms with van der Waals surface area (Å²) < 4.78 is 5.08. The van der Waals surface area contributed by atoms with E-state index in [1.54, 1.807) is 18.9 Å². The van der Waals surface area contributed by atoms with Gasteiger partial charge in [0.25, 0.3) is 5.91 Å². The maximum atomic E-state index is 12.6. The normalized spacial score (nSPS) is 11.9. The SMILES string of the molecule is COCCSc1ccccc1C(=O)N[C@@H](C)CCc1ccccc1. The minimum Gasteiger partial charge on any atom is -0.384 e.